The van der Waals surface area contributed by atoms with E-state index < -0.39 is 0 Å². The average Bonchev–Trinajstić information content (AvgIpc) is 2.64. The van der Waals surface area contributed by atoms with Gasteiger partial charge in [-0.3, -0.25) is 0 Å². The Bertz CT molecular complexity index is 866. The molecular weight excluding hydrogens is 401 g/mol. The summed E-state index contributed by atoms with van der Waals surface area (Å²) in [6.07, 6.45) is 0. The topological polar surface area (TPSA) is 21.3 Å². The SMILES string of the molecule is Cc1ccc(CNCc2cc(Cl)ccc2OCc2ccccc2Cl)cc1.Cl. The number of ether oxygens (including phenoxy) is 1. The monoisotopic (exact) mass is 421 g/mol. The van der Waals surface area contributed by atoms with Crippen molar-refractivity contribution >= 4 is 35.6 Å². The number of benzene rings is 3. The van der Waals surface area contributed by atoms with Crippen molar-refractivity contribution in [1.82, 2.24) is 5.32 Å². The van der Waals surface area contributed by atoms with Crippen molar-refractivity contribution in [2.75, 3.05) is 0 Å². The molecule has 0 atom stereocenters. The molecule has 2 nitrogen and oxygen atoms in total. The van der Waals surface area contributed by atoms with Crippen LogP contribution < -0.4 is 10.1 Å². The van der Waals surface area contributed by atoms with E-state index in [1.54, 1.807) is 0 Å². The van der Waals surface area contributed by atoms with Gasteiger partial charge in [-0.1, -0.05) is 71.2 Å². The van der Waals surface area contributed by atoms with Gasteiger partial charge in [0.1, 0.15) is 12.4 Å². The molecule has 0 saturated carbocycles. The molecule has 0 aliphatic rings. The molecule has 0 amide bonds. The molecule has 3 aromatic rings. The first-order valence-corrected chi connectivity index (χ1v) is 9.28. The quantitative estimate of drug-likeness (QED) is 0.463. The normalized spacial score (nSPS) is 10.3. The van der Waals surface area contributed by atoms with Gasteiger partial charge in [0.15, 0.2) is 0 Å². The maximum Gasteiger partial charge on any atom is 0.124 e. The van der Waals surface area contributed by atoms with E-state index in [0.717, 1.165) is 23.4 Å². The molecular formula is C22H22Cl3NO. The Morgan fingerprint density at radius 3 is 2.33 bits per heavy atom. The van der Waals surface area contributed by atoms with Crippen LogP contribution in [0.25, 0.3) is 0 Å². The maximum absolute atomic E-state index is 6.20. The van der Waals surface area contributed by atoms with E-state index in [0.29, 0.717) is 23.2 Å². The molecule has 0 bridgehead atoms. The highest BCUT2D eigenvalue weighted by Crippen LogP contribution is 2.25. The van der Waals surface area contributed by atoms with Gasteiger partial charge < -0.3 is 10.1 Å². The minimum Gasteiger partial charge on any atom is -0.489 e. The van der Waals surface area contributed by atoms with Gasteiger partial charge in [-0.2, -0.15) is 0 Å². The van der Waals surface area contributed by atoms with E-state index in [1.165, 1.54) is 11.1 Å². The lowest BCUT2D eigenvalue weighted by molar-refractivity contribution is 0.302. The standard InChI is InChI=1S/C22H21Cl2NO.ClH/c1-16-6-8-17(9-7-16)13-25-14-19-12-20(23)10-11-22(19)26-15-18-4-2-3-5-21(18)24;/h2-12,25H,13-15H2,1H3;1H. The lowest BCUT2D eigenvalue weighted by Crippen LogP contribution is -2.13. The Hall–Kier alpha value is -1.71. The Labute approximate surface area is 176 Å². The molecule has 0 fully saturated rings. The van der Waals surface area contributed by atoms with E-state index in [1.807, 2.05) is 42.5 Å². The molecule has 0 aliphatic heterocycles. The van der Waals surface area contributed by atoms with Crippen LogP contribution in [0.5, 0.6) is 5.75 Å². The molecule has 1 N–H and O–H groups in total. The average molecular weight is 423 g/mol. The molecule has 0 spiro atoms. The first kappa shape index (κ1) is 21.6. The molecule has 142 valence electrons. The Morgan fingerprint density at radius 2 is 1.59 bits per heavy atom. The molecule has 27 heavy (non-hydrogen) atoms. The summed E-state index contributed by atoms with van der Waals surface area (Å²) in [5, 5.41) is 4.86. The largest absolute Gasteiger partial charge is 0.489 e. The van der Waals surface area contributed by atoms with Crippen molar-refractivity contribution in [2.24, 2.45) is 0 Å². The predicted molar refractivity (Wildman–Crippen MR) is 116 cm³/mol. The first-order chi connectivity index (χ1) is 12.6. The summed E-state index contributed by atoms with van der Waals surface area (Å²) in [7, 11) is 0. The lowest BCUT2D eigenvalue weighted by atomic mass is 10.1. The second-order valence-corrected chi connectivity index (χ2v) is 7.06. The van der Waals surface area contributed by atoms with Crippen LogP contribution >= 0.6 is 35.6 Å². The fraction of sp³-hybridized carbons (Fsp3) is 0.182. The Kier molecular flexibility index (Phi) is 8.46. The zero-order valence-corrected chi connectivity index (χ0v) is 17.4. The number of halogens is 3. The van der Waals surface area contributed by atoms with Crippen LogP contribution in [-0.4, -0.2) is 0 Å². The highest BCUT2D eigenvalue weighted by atomic mass is 35.5. The Balaban J connectivity index is 0.00000261. The van der Waals surface area contributed by atoms with Crippen molar-refractivity contribution in [1.29, 1.82) is 0 Å². The van der Waals surface area contributed by atoms with Crippen LogP contribution in [0.2, 0.25) is 10.0 Å². The summed E-state index contributed by atoms with van der Waals surface area (Å²) >= 11 is 12.4. The van der Waals surface area contributed by atoms with E-state index in [2.05, 4.69) is 36.5 Å². The number of hydrogen-bond acceptors (Lipinski definition) is 2. The van der Waals surface area contributed by atoms with Crippen LogP contribution in [0.15, 0.2) is 66.7 Å². The number of rotatable bonds is 7. The third-order valence-electron chi connectivity index (χ3n) is 4.13. The van der Waals surface area contributed by atoms with Crippen LogP contribution in [0.3, 0.4) is 0 Å². The number of nitrogens with one attached hydrogen (secondary N) is 1. The summed E-state index contributed by atoms with van der Waals surface area (Å²) < 4.78 is 5.99. The summed E-state index contributed by atoms with van der Waals surface area (Å²) in [6, 6.07) is 21.9. The lowest BCUT2D eigenvalue weighted by Gasteiger charge is -2.14. The molecule has 0 aromatic heterocycles. The fourth-order valence-corrected chi connectivity index (χ4v) is 3.03. The smallest absolute Gasteiger partial charge is 0.124 e. The van der Waals surface area contributed by atoms with E-state index in [-0.39, 0.29) is 12.4 Å². The van der Waals surface area contributed by atoms with Gasteiger partial charge >= 0.3 is 0 Å². The third-order valence-corrected chi connectivity index (χ3v) is 4.73. The van der Waals surface area contributed by atoms with Crippen LogP contribution in [0, 0.1) is 6.92 Å². The van der Waals surface area contributed by atoms with Gasteiger partial charge in [0, 0.05) is 34.3 Å². The summed E-state index contributed by atoms with van der Waals surface area (Å²) in [6.45, 7) is 3.97. The van der Waals surface area contributed by atoms with Gasteiger partial charge in [-0.15, -0.1) is 12.4 Å². The number of hydrogen-bond donors (Lipinski definition) is 1. The Morgan fingerprint density at radius 1 is 0.852 bits per heavy atom. The zero-order valence-electron chi connectivity index (χ0n) is 15.0. The molecule has 0 aliphatic carbocycles. The van der Waals surface area contributed by atoms with Crippen molar-refractivity contribution in [3.63, 3.8) is 0 Å². The maximum atomic E-state index is 6.20. The van der Waals surface area contributed by atoms with Gasteiger partial charge in [0.05, 0.1) is 0 Å². The van der Waals surface area contributed by atoms with E-state index in [9.17, 15) is 0 Å². The highest BCUT2D eigenvalue weighted by Gasteiger charge is 2.07. The molecule has 5 heteroatoms. The van der Waals surface area contributed by atoms with E-state index >= 15 is 0 Å². The first-order valence-electron chi connectivity index (χ1n) is 8.53. The third kappa shape index (κ3) is 6.44. The van der Waals surface area contributed by atoms with Gasteiger partial charge in [0.25, 0.3) is 0 Å². The zero-order chi connectivity index (χ0) is 18.4. The van der Waals surface area contributed by atoms with Crippen molar-refractivity contribution in [3.8, 4) is 5.75 Å². The fourth-order valence-electron chi connectivity index (χ4n) is 2.65. The summed E-state index contributed by atoms with van der Waals surface area (Å²) in [5.41, 5.74) is 4.49. The second kappa shape index (κ2) is 10.6. The molecule has 0 radical (unpaired) electrons. The molecule has 0 unspecified atom stereocenters. The minimum atomic E-state index is 0. The van der Waals surface area contributed by atoms with Gasteiger partial charge in [-0.25, -0.2) is 0 Å². The van der Waals surface area contributed by atoms with E-state index in [4.69, 9.17) is 27.9 Å². The van der Waals surface area contributed by atoms with Crippen molar-refractivity contribution < 1.29 is 4.74 Å². The van der Waals surface area contributed by atoms with Gasteiger partial charge in [-0.05, 0) is 36.8 Å². The highest BCUT2D eigenvalue weighted by molar-refractivity contribution is 6.31. The molecule has 0 saturated heterocycles. The summed E-state index contributed by atoms with van der Waals surface area (Å²) in [5.74, 6) is 0.811. The summed E-state index contributed by atoms with van der Waals surface area (Å²) in [4.78, 5) is 0. The minimum absolute atomic E-state index is 0. The van der Waals surface area contributed by atoms with Crippen molar-refractivity contribution in [3.05, 3.63) is 99.0 Å². The van der Waals surface area contributed by atoms with Crippen LogP contribution in [0.1, 0.15) is 22.3 Å². The molecule has 3 rings (SSSR count). The molecule has 0 heterocycles. The van der Waals surface area contributed by atoms with Crippen LogP contribution in [-0.2, 0) is 19.7 Å². The predicted octanol–water partition coefficient (Wildman–Crippen LogP) is 6.59. The number of aryl methyl sites for hydroxylation is 1. The van der Waals surface area contributed by atoms with Crippen molar-refractivity contribution in [2.45, 2.75) is 26.6 Å². The second-order valence-electron chi connectivity index (χ2n) is 6.22. The van der Waals surface area contributed by atoms with Crippen LogP contribution in [0.4, 0.5) is 0 Å². The van der Waals surface area contributed by atoms with Gasteiger partial charge in [0.2, 0.25) is 0 Å². The molecule has 3 aromatic carbocycles.